The summed E-state index contributed by atoms with van der Waals surface area (Å²) >= 11 is 0. The fourth-order valence-electron chi connectivity index (χ4n) is 5.50. The number of aromatic nitrogens is 2. The molecule has 4 fully saturated rings. The van der Waals surface area contributed by atoms with Crippen LogP contribution in [-0.4, -0.2) is 64.7 Å². The Morgan fingerprint density at radius 1 is 1.15 bits per heavy atom. The quantitative estimate of drug-likeness (QED) is 0.858. The second-order valence-electron chi connectivity index (χ2n) is 7.83. The van der Waals surface area contributed by atoms with Gasteiger partial charge in [-0.2, -0.15) is 0 Å². The van der Waals surface area contributed by atoms with Crippen molar-refractivity contribution < 1.29 is 9.53 Å². The van der Waals surface area contributed by atoms with E-state index in [1.54, 1.807) is 7.11 Å². The minimum Gasteiger partial charge on any atom is -0.496 e. The monoisotopic (exact) mass is 368 g/mol. The number of carbonyl (C=O) groups excluding carboxylic acids is 1. The summed E-state index contributed by atoms with van der Waals surface area (Å²) in [5, 5.41) is 5.21. The van der Waals surface area contributed by atoms with E-state index in [2.05, 4.69) is 21.2 Å². The van der Waals surface area contributed by atoms with Crippen LogP contribution in [0.1, 0.15) is 34.8 Å². The van der Waals surface area contributed by atoms with Crippen molar-refractivity contribution in [3.8, 4) is 5.75 Å². The van der Waals surface area contributed by atoms with E-state index >= 15 is 0 Å². The van der Waals surface area contributed by atoms with Crippen molar-refractivity contribution in [3.05, 3.63) is 51.9 Å². The molecule has 2 N–H and O–H groups in total. The minimum absolute atomic E-state index is 0.0884. The number of benzene rings is 1. The minimum atomic E-state index is -0.274. The largest absolute Gasteiger partial charge is 0.496 e. The molecule has 27 heavy (non-hydrogen) atoms. The lowest BCUT2D eigenvalue weighted by Crippen LogP contribution is -2.60. The molecule has 142 valence electrons. The van der Waals surface area contributed by atoms with Crippen molar-refractivity contribution in [3.63, 3.8) is 0 Å². The number of piperidine rings is 3. The van der Waals surface area contributed by atoms with E-state index in [4.69, 9.17) is 4.74 Å². The van der Waals surface area contributed by atoms with Crippen LogP contribution in [0.25, 0.3) is 0 Å². The van der Waals surface area contributed by atoms with E-state index in [0.29, 0.717) is 24.2 Å². The van der Waals surface area contributed by atoms with Crippen molar-refractivity contribution in [1.82, 2.24) is 20.0 Å². The third kappa shape index (κ3) is 2.52. The van der Waals surface area contributed by atoms with Gasteiger partial charge in [0.2, 0.25) is 0 Å². The first-order chi connectivity index (χ1) is 13.2. The molecule has 6 rings (SSSR count). The fraction of sp³-hybridized carbons (Fsp3) is 0.500. The first-order valence-corrected chi connectivity index (χ1v) is 9.63. The number of amides is 1. The van der Waals surface area contributed by atoms with Gasteiger partial charge in [-0.05, 0) is 37.9 Å². The molecule has 2 bridgehead atoms. The lowest BCUT2D eigenvalue weighted by atomic mass is 9.75. The summed E-state index contributed by atoms with van der Waals surface area (Å²) in [7, 11) is 1.70. The Labute approximate surface area is 157 Å². The smallest absolute Gasteiger partial charge is 0.272 e. The third-order valence-electron chi connectivity index (χ3n) is 6.62. The number of carbonyl (C=O) groups is 1. The Kier molecular flexibility index (Phi) is 3.86. The summed E-state index contributed by atoms with van der Waals surface area (Å²) in [6, 6.07) is 9.99. The summed E-state index contributed by atoms with van der Waals surface area (Å²) in [6.45, 7) is 2.84. The number of aromatic amines is 2. The molecule has 0 saturated carbocycles. The van der Waals surface area contributed by atoms with Gasteiger partial charge in [-0.3, -0.25) is 24.7 Å². The molecule has 3 atom stereocenters. The molecule has 0 aliphatic carbocycles. The molecular formula is C20H24N4O3. The van der Waals surface area contributed by atoms with E-state index in [-0.39, 0.29) is 23.4 Å². The number of methoxy groups -OCH3 is 1. The van der Waals surface area contributed by atoms with Crippen LogP contribution < -0.4 is 10.3 Å². The maximum Gasteiger partial charge on any atom is 0.272 e. The second kappa shape index (κ2) is 6.27. The number of fused-ring (bicyclic) bond motifs is 2. The molecule has 7 nitrogen and oxygen atoms in total. The first-order valence-electron chi connectivity index (χ1n) is 9.63. The number of likely N-dealkylation sites (tertiary alicyclic amines) is 1. The van der Waals surface area contributed by atoms with Crippen LogP contribution >= 0.6 is 0 Å². The first kappa shape index (κ1) is 16.6. The lowest BCUT2D eigenvalue weighted by molar-refractivity contribution is -0.00367. The van der Waals surface area contributed by atoms with E-state index in [1.807, 2.05) is 23.1 Å². The predicted molar refractivity (Wildman–Crippen MR) is 100 cm³/mol. The van der Waals surface area contributed by atoms with Gasteiger partial charge >= 0.3 is 0 Å². The number of rotatable bonds is 3. The van der Waals surface area contributed by atoms with Gasteiger partial charge in [-0.1, -0.05) is 18.2 Å². The zero-order valence-electron chi connectivity index (χ0n) is 15.4. The third-order valence-corrected chi connectivity index (χ3v) is 6.62. The van der Waals surface area contributed by atoms with Crippen LogP contribution in [-0.2, 0) is 0 Å². The Bertz CT molecular complexity index is 912. The van der Waals surface area contributed by atoms with Crippen molar-refractivity contribution in [2.75, 3.05) is 26.7 Å². The molecule has 4 saturated heterocycles. The van der Waals surface area contributed by atoms with Crippen LogP contribution in [0.3, 0.4) is 0 Å². The predicted octanol–water partition coefficient (Wildman–Crippen LogP) is 1.41. The summed E-state index contributed by atoms with van der Waals surface area (Å²) in [5.74, 6) is 1.53. The van der Waals surface area contributed by atoms with E-state index in [1.165, 1.54) is 11.6 Å². The van der Waals surface area contributed by atoms with E-state index in [9.17, 15) is 9.59 Å². The number of para-hydroxylation sites is 1. The maximum absolute atomic E-state index is 13.2. The van der Waals surface area contributed by atoms with Gasteiger partial charge in [0.1, 0.15) is 11.4 Å². The highest BCUT2D eigenvalue weighted by molar-refractivity contribution is 5.93. The van der Waals surface area contributed by atoms with Crippen LogP contribution in [0.4, 0.5) is 0 Å². The van der Waals surface area contributed by atoms with Crippen LogP contribution in [0.5, 0.6) is 5.75 Å². The fourth-order valence-corrected chi connectivity index (χ4v) is 5.50. The average molecular weight is 368 g/mol. The number of nitrogens with one attached hydrogen (secondary N) is 2. The molecule has 4 aliphatic heterocycles. The SMILES string of the molecule is COc1ccccc1[C@@H]1CN(C(=O)c2cc(=O)[nH][nH]2)[C@@H]2C3CCN(CC3)[C@@H]21. The van der Waals surface area contributed by atoms with Gasteiger partial charge in [0.15, 0.2) is 0 Å². The van der Waals surface area contributed by atoms with Crippen LogP contribution in [0.15, 0.2) is 35.1 Å². The molecule has 2 aromatic rings. The number of ether oxygens (including phenoxy) is 1. The highest BCUT2D eigenvalue weighted by atomic mass is 16.5. The summed E-state index contributed by atoms with van der Waals surface area (Å²) in [6.07, 6.45) is 2.26. The summed E-state index contributed by atoms with van der Waals surface area (Å²) in [5.41, 5.74) is 1.24. The van der Waals surface area contributed by atoms with E-state index < -0.39 is 0 Å². The maximum atomic E-state index is 13.2. The summed E-state index contributed by atoms with van der Waals surface area (Å²) in [4.78, 5) is 29.3. The van der Waals surface area contributed by atoms with Crippen LogP contribution in [0.2, 0.25) is 0 Å². The normalized spacial score (nSPS) is 31.7. The van der Waals surface area contributed by atoms with Crippen molar-refractivity contribution >= 4 is 5.91 Å². The van der Waals surface area contributed by atoms with Gasteiger partial charge in [0.05, 0.1) is 13.2 Å². The Hall–Kier alpha value is -2.54. The number of hydrogen-bond donors (Lipinski definition) is 2. The molecule has 0 radical (unpaired) electrons. The Morgan fingerprint density at radius 3 is 2.63 bits per heavy atom. The molecular weight excluding hydrogens is 344 g/mol. The van der Waals surface area contributed by atoms with Gasteiger partial charge in [-0.25, -0.2) is 0 Å². The highest BCUT2D eigenvalue weighted by Crippen LogP contribution is 2.48. The number of nitrogens with zero attached hydrogens (tertiary/aromatic N) is 2. The van der Waals surface area contributed by atoms with Gasteiger partial charge in [0, 0.05) is 30.1 Å². The van der Waals surface area contributed by atoms with Crippen LogP contribution in [0, 0.1) is 5.92 Å². The standard InChI is InChI=1S/C20H24N4O3/c1-27-16-5-3-2-4-13(16)14-11-24(20(26)15-10-17(25)22-21-15)18-12-6-8-23(9-7-12)19(14)18/h2-5,10,12,14,18-19H,6-9,11H2,1H3,(H2,21,22,25)/t14-,18+,19+/m0/s1. The zero-order chi connectivity index (χ0) is 18.5. The number of H-pyrrole nitrogens is 2. The van der Waals surface area contributed by atoms with Gasteiger partial charge < -0.3 is 9.64 Å². The topological polar surface area (TPSA) is 81.4 Å². The van der Waals surface area contributed by atoms with Crippen molar-refractivity contribution in [2.45, 2.75) is 30.8 Å². The molecule has 1 amide bonds. The van der Waals surface area contributed by atoms with Crippen molar-refractivity contribution in [1.29, 1.82) is 0 Å². The lowest BCUT2D eigenvalue weighted by Gasteiger charge is -2.51. The molecule has 0 unspecified atom stereocenters. The molecule has 5 heterocycles. The molecule has 7 heteroatoms. The molecule has 0 spiro atoms. The number of hydrogen-bond acceptors (Lipinski definition) is 4. The Balaban J connectivity index is 1.56. The van der Waals surface area contributed by atoms with Gasteiger partial charge in [-0.15, -0.1) is 0 Å². The highest BCUT2D eigenvalue weighted by Gasteiger charge is 2.55. The average Bonchev–Trinajstić information content (AvgIpc) is 3.33. The second-order valence-corrected chi connectivity index (χ2v) is 7.83. The molecule has 4 aliphatic rings. The zero-order valence-corrected chi connectivity index (χ0v) is 15.4. The van der Waals surface area contributed by atoms with E-state index in [0.717, 1.165) is 31.7 Å². The Morgan fingerprint density at radius 2 is 1.93 bits per heavy atom. The molecule has 1 aromatic heterocycles. The van der Waals surface area contributed by atoms with Crippen molar-refractivity contribution in [2.24, 2.45) is 5.92 Å². The summed E-state index contributed by atoms with van der Waals surface area (Å²) < 4.78 is 5.63. The van der Waals surface area contributed by atoms with Gasteiger partial charge in [0.25, 0.3) is 11.5 Å². The molecule has 1 aromatic carbocycles.